The van der Waals surface area contributed by atoms with Crippen molar-refractivity contribution in [2.24, 2.45) is 11.8 Å². The minimum atomic E-state index is -0.0632. The molecule has 2 N–H and O–H groups in total. The van der Waals surface area contributed by atoms with E-state index < -0.39 is 0 Å². The molecule has 0 aromatic heterocycles. The molecule has 0 spiro atoms. The molecule has 1 aliphatic rings. The van der Waals surface area contributed by atoms with Crippen LogP contribution in [0.15, 0.2) is 0 Å². The Kier molecular flexibility index (Phi) is 2.74. The van der Waals surface area contributed by atoms with Crippen LogP contribution in [-0.4, -0.2) is 19.6 Å². The van der Waals surface area contributed by atoms with Crippen molar-refractivity contribution in [3.63, 3.8) is 0 Å². The SMILES string of the molecule is CC[C@@H]1C[C@H]1CNC(=O)NC. The average Bonchev–Trinajstić information content (AvgIpc) is 2.78. The van der Waals surface area contributed by atoms with Crippen LogP contribution in [0.4, 0.5) is 4.79 Å². The molecule has 1 fully saturated rings. The summed E-state index contributed by atoms with van der Waals surface area (Å²) in [5.74, 6) is 1.62. The lowest BCUT2D eigenvalue weighted by Gasteiger charge is -2.01. The molecule has 0 aromatic carbocycles. The first-order valence-corrected chi connectivity index (χ1v) is 4.23. The molecule has 0 saturated heterocycles. The lowest BCUT2D eigenvalue weighted by atomic mass is 10.2. The van der Waals surface area contributed by atoms with Gasteiger partial charge in [0.05, 0.1) is 0 Å². The number of nitrogens with one attached hydrogen (secondary N) is 2. The fourth-order valence-corrected chi connectivity index (χ4v) is 1.37. The Hall–Kier alpha value is -0.730. The van der Waals surface area contributed by atoms with Crippen molar-refractivity contribution in [1.82, 2.24) is 10.6 Å². The highest BCUT2D eigenvalue weighted by atomic mass is 16.2. The van der Waals surface area contributed by atoms with Crippen molar-refractivity contribution in [3.05, 3.63) is 0 Å². The number of amides is 2. The van der Waals surface area contributed by atoms with E-state index in [-0.39, 0.29) is 6.03 Å². The largest absolute Gasteiger partial charge is 0.341 e. The Morgan fingerprint density at radius 3 is 2.73 bits per heavy atom. The number of hydrogen-bond donors (Lipinski definition) is 2. The molecule has 1 aliphatic carbocycles. The lowest BCUT2D eigenvalue weighted by molar-refractivity contribution is 0.242. The molecule has 0 aromatic rings. The number of hydrogen-bond acceptors (Lipinski definition) is 1. The van der Waals surface area contributed by atoms with Crippen molar-refractivity contribution in [2.45, 2.75) is 19.8 Å². The molecule has 1 rings (SSSR count). The van der Waals surface area contributed by atoms with Crippen LogP contribution in [0, 0.1) is 11.8 Å². The number of carbonyl (C=O) groups excluding carboxylic acids is 1. The van der Waals surface area contributed by atoms with Gasteiger partial charge in [0.1, 0.15) is 0 Å². The van der Waals surface area contributed by atoms with Gasteiger partial charge < -0.3 is 10.6 Å². The molecule has 2 atom stereocenters. The predicted octanol–water partition coefficient (Wildman–Crippen LogP) is 0.961. The standard InChI is InChI=1S/C8H16N2O/c1-3-6-4-7(6)5-10-8(11)9-2/h6-7H,3-5H2,1-2H3,(H2,9,10,11)/t6-,7+/m1/s1. The summed E-state index contributed by atoms with van der Waals surface area (Å²) in [4.78, 5) is 10.7. The molecule has 1 saturated carbocycles. The molecule has 0 heterocycles. The maximum absolute atomic E-state index is 10.7. The highest BCUT2D eigenvalue weighted by Crippen LogP contribution is 2.40. The second-order valence-corrected chi connectivity index (χ2v) is 3.12. The summed E-state index contributed by atoms with van der Waals surface area (Å²) in [6.45, 7) is 3.04. The molecule has 64 valence electrons. The van der Waals surface area contributed by atoms with E-state index in [4.69, 9.17) is 0 Å². The van der Waals surface area contributed by atoms with E-state index in [1.165, 1.54) is 12.8 Å². The van der Waals surface area contributed by atoms with Crippen molar-refractivity contribution in [3.8, 4) is 0 Å². The maximum Gasteiger partial charge on any atom is 0.314 e. The molecule has 2 amide bonds. The molecule has 0 bridgehead atoms. The third-order valence-electron chi connectivity index (χ3n) is 2.35. The van der Waals surface area contributed by atoms with E-state index >= 15 is 0 Å². The summed E-state index contributed by atoms with van der Waals surface area (Å²) < 4.78 is 0. The molecule has 0 unspecified atom stereocenters. The third kappa shape index (κ3) is 2.41. The summed E-state index contributed by atoms with van der Waals surface area (Å²) in [5.41, 5.74) is 0. The Labute approximate surface area is 67.5 Å². The topological polar surface area (TPSA) is 41.1 Å². The van der Waals surface area contributed by atoms with Gasteiger partial charge in [0.15, 0.2) is 0 Å². The molecule has 0 radical (unpaired) electrons. The zero-order valence-corrected chi connectivity index (χ0v) is 7.18. The fraction of sp³-hybridized carbons (Fsp3) is 0.875. The second kappa shape index (κ2) is 3.60. The van der Waals surface area contributed by atoms with E-state index in [0.717, 1.165) is 18.4 Å². The van der Waals surface area contributed by atoms with Crippen LogP contribution < -0.4 is 10.6 Å². The molecule has 3 heteroatoms. The van der Waals surface area contributed by atoms with Crippen molar-refractivity contribution < 1.29 is 4.79 Å². The zero-order chi connectivity index (χ0) is 8.27. The van der Waals surface area contributed by atoms with Crippen LogP contribution in [0.3, 0.4) is 0 Å². The highest BCUT2D eigenvalue weighted by Gasteiger charge is 2.34. The number of carbonyl (C=O) groups is 1. The fourth-order valence-electron chi connectivity index (χ4n) is 1.37. The van der Waals surface area contributed by atoms with Gasteiger partial charge in [0.2, 0.25) is 0 Å². The first-order valence-electron chi connectivity index (χ1n) is 4.23. The Morgan fingerprint density at radius 1 is 1.55 bits per heavy atom. The molecule has 11 heavy (non-hydrogen) atoms. The minimum absolute atomic E-state index is 0.0632. The predicted molar refractivity (Wildman–Crippen MR) is 44.3 cm³/mol. The molecule has 0 aliphatic heterocycles. The van der Waals surface area contributed by atoms with Gasteiger partial charge in [-0.2, -0.15) is 0 Å². The Balaban J connectivity index is 2.01. The minimum Gasteiger partial charge on any atom is -0.341 e. The Morgan fingerprint density at radius 2 is 2.27 bits per heavy atom. The zero-order valence-electron chi connectivity index (χ0n) is 7.18. The van der Waals surface area contributed by atoms with Gasteiger partial charge in [-0.25, -0.2) is 4.79 Å². The van der Waals surface area contributed by atoms with E-state index in [9.17, 15) is 4.79 Å². The van der Waals surface area contributed by atoms with Gasteiger partial charge in [-0.05, 0) is 18.3 Å². The van der Waals surface area contributed by atoms with Gasteiger partial charge in [-0.1, -0.05) is 13.3 Å². The first-order chi connectivity index (χ1) is 5.27. The summed E-state index contributed by atoms with van der Waals surface area (Å²) in [7, 11) is 1.64. The van der Waals surface area contributed by atoms with Crippen LogP contribution in [-0.2, 0) is 0 Å². The van der Waals surface area contributed by atoms with Gasteiger partial charge in [-0.3, -0.25) is 0 Å². The smallest absolute Gasteiger partial charge is 0.314 e. The van der Waals surface area contributed by atoms with Gasteiger partial charge in [0.25, 0.3) is 0 Å². The first kappa shape index (κ1) is 8.37. The molecule has 3 nitrogen and oxygen atoms in total. The number of urea groups is 1. The third-order valence-corrected chi connectivity index (χ3v) is 2.35. The summed E-state index contributed by atoms with van der Waals surface area (Å²) in [6, 6.07) is -0.0632. The average molecular weight is 156 g/mol. The van der Waals surface area contributed by atoms with Crippen LogP contribution in [0.25, 0.3) is 0 Å². The van der Waals surface area contributed by atoms with Gasteiger partial charge in [-0.15, -0.1) is 0 Å². The van der Waals surface area contributed by atoms with E-state index in [1.807, 2.05) is 0 Å². The van der Waals surface area contributed by atoms with Crippen LogP contribution in [0.2, 0.25) is 0 Å². The molecular weight excluding hydrogens is 140 g/mol. The van der Waals surface area contributed by atoms with Crippen molar-refractivity contribution in [1.29, 1.82) is 0 Å². The van der Waals surface area contributed by atoms with Crippen molar-refractivity contribution in [2.75, 3.05) is 13.6 Å². The quantitative estimate of drug-likeness (QED) is 0.628. The summed E-state index contributed by atoms with van der Waals surface area (Å²) in [5, 5.41) is 5.34. The van der Waals surface area contributed by atoms with E-state index in [1.54, 1.807) is 7.05 Å². The van der Waals surface area contributed by atoms with Crippen molar-refractivity contribution >= 4 is 6.03 Å². The maximum atomic E-state index is 10.7. The lowest BCUT2D eigenvalue weighted by Crippen LogP contribution is -2.34. The van der Waals surface area contributed by atoms with E-state index in [0.29, 0.717) is 0 Å². The molecular formula is C8H16N2O. The summed E-state index contributed by atoms with van der Waals surface area (Å²) in [6.07, 6.45) is 2.54. The van der Waals surface area contributed by atoms with Crippen LogP contribution in [0.1, 0.15) is 19.8 Å². The summed E-state index contributed by atoms with van der Waals surface area (Å²) >= 11 is 0. The highest BCUT2D eigenvalue weighted by molar-refractivity contribution is 5.73. The number of rotatable bonds is 3. The monoisotopic (exact) mass is 156 g/mol. The normalized spacial score (nSPS) is 27.8. The van der Waals surface area contributed by atoms with Crippen LogP contribution in [0.5, 0.6) is 0 Å². The van der Waals surface area contributed by atoms with Gasteiger partial charge >= 0.3 is 6.03 Å². The van der Waals surface area contributed by atoms with Gasteiger partial charge in [0, 0.05) is 13.6 Å². The second-order valence-electron chi connectivity index (χ2n) is 3.12. The van der Waals surface area contributed by atoms with E-state index in [2.05, 4.69) is 17.6 Å². The Bertz CT molecular complexity index is 147. The van der Waals surface area contributed by atoms with Crippen LogP contribution >= 0.6 is 0 Å².